The fourth-order valence-electron chi connectivity index (χ4n) is 8.73. The van der Waals surface area contributed by atoms with Crippen LogP contribution in [0.3, 0.4) is 0 Å². The highest BCUT2D eigenvalue weighted by atomic mass is 19.1. The first-order chi connectivity index (χ1) is 29.0. The van der Waals surface area contributed by atoms with Crippen molar-refractivity contribution in [2.45, 2.75) is 51.2 Å². The van der Waals surface area contributed by atoms with Crippen LogP contribution in [0.2, 0.25) is 0 Å². The number of halogens is 1. The van der Waals surface area contributed by atoms with Gasteiger partial charge >= 0.3 is 6.03 Å². The Balaban J connectivity index is 0.758. The van der Waals surface area contributed by atoms with Gasteiger partial charge in [0.2, 0.25) is 17.7 Å². The monoisotopic (exact) mass is 817 g/mol. The summed E-state index contributed by atoms with van der Waals surface area (Å²) < 4.78 is 20.6. The normalized spacial score (nSPS) is 19.6. The predicted octanol–water partition coefficient (Wildman–Crippen LogP) is 4.70. The molecule has 1 unspecified atom stereocenters. The van der Waals surface area contributed by atoms with Gasteiger partial charge in [0.15, 0.2) is 0 Å². The molecule has 0 radical (unpaired) electrons. The molecule has 3 fully saturated rings. The number of rotatable bonds is 11. The number of fused-ring (bicyclic) bond motifs is 2. The van der Waals surface area contributed by atoms with Crippen molar-refractivity contribution in [3.05, 3.63) is 107 Å². The summed E-state index contributed by atoms with van der Waals surface area (Å²) in [4.78, 5) is 83.5. The van der Waals surface area contributed by atoms with Crippen molar-refractivity contribution in [3.8, 4) is 5.75 Å². The highest BCUT2D eigenvalue weighted by molar-refractivity contribution is 6.23. The third-order valence-corrected chi connectivity index (χ3v) is 12.1. The second-order valence-corrected chi connectivity index (χ2v) is 15.9. The summed E-state index contributed by atoms with van der Waals surface area (Å²) in [6, 6.07) is 22.5. The summed E-state index contributed by atoms with van der Waals surface area (Å²) in [5, 5.41) is 10.5. The number of hydrogen-bond donors (Lipinski definition) is 3. The van der Waals surface area contributed by atoms with Crippen molar-refractivity contribution in [3.63, 3.8) is 0 Å². The standard InChI is InChI=1S/C45H48FN7O7/c1-28(35-8-4-6-30-5-2-3-7-36(30)35)51-15-13-31(14-16-51)41(55)47-27-29-23-32(46)25-33(24-29)48-45(59)52-19-17-50(18-20-52)21-22-60-34-9-10-37-38(26-34)44(58)53(43(37)57)39-11-12-40(54)49-42(39)56/h2-10,23-26,28,31,39H,11-22,27H2,1H3,(H,47,55)(H,48,59)(H,49,54,56)/t28-,39?/m1/s1. The minimum absolute atomic E-state index is 0.0437. The van der Waals surface area contributed by atoms with E-state index < -0.39 is 35.5 Å². The Morgan fingerprint density at radius 3 is 2.38 bits per heavy atom. The third kappa shape index (κ3) is 8.73. The number of piperazine rings is 1. The number of imide groups is 2. The molecule has 4 aliphatic rings. The van der Waals surface area contributed by atoms with Gasteiger partial charge in [-0.2, -0.15) is 0 Å². The molecule has 14 nitrogen and oxygen atoms in total. The first-order valence-electron chi connectivity index (χ1n) is 20.6. The van der Waals surface area contributed by atoms with Gasteiger partial charge in [-0.05, 0) is 97.6 Å². The molecule has 0 aromatic heterocycles. The minimum Gasteiger partial charge on any atom is -0.492 e. The average molecular weight is 818 g/mol. The summed E-state index contributed by atoms with van der Waals surface area (Å²) in [5.41, 5.74) is 2.47. The molecule has 60 heavy (non-hydrogen) atoms. The zero-order valence-electron chi connectivity index (χ0n) is 33.5. The SMILES string of the molecule is C[C@H](c1cccc2ccccc12)N1CCC(C(=O)NCc2cc(F)cc(NC(=O)N3CCN(CCOc4ccc5c(c4)C(=O)N(C4CCC(=O)NC4=O)C5=O)CC3)c2)CC1. The largest absolute Gasteiger partial charge is 0.492 e. The van der Waals surface area contributed by atoms with Crippen molar-refractivity contribution in [2.75, 3.05) is 57.7 Å². The lowest BCUT2D eigenvalue weighted by Gasteiger charge is -2.36. The van der Waals surface area contributed by atoms with Gasteiger partial charge in [0.05, 0.1) is 11.1 Å². The molecule has 4 aliphatic heterocycles. The van der Waals surface area contributed by atoms with E-state index in [0.717, 1.165) is 30.8 Å². The minimum atomic E-state index is -1.04. The molecule has 15 heteroatoms. The van der Waals surface area contributed by atoms with Gasteiger partial charge < -0.3 is 20.3 Å². The molecule has 8 rings (SSSR count). The molecule has 0 bridgehead atoms. The number of urea groups is 1. The second-order valence-electron chi connectivity index (χ2n) is 15.9. The number of ether oxygens (including phenoxy) is 1. The Hall–Kier alpha value is -6.19. The van der Waals surface area contributed by atoms with Crippen LogP contribution in [-0.2, 0) is 20.9 Å². The van der Waals surface area contributed by atoms with E-state index in [9.17, 15) is 33.2 Å². The molecule has 4 heterocycles. The third-order valence-electron chi connectivity index (χ3n) is 12.1. The Bertz CT molecular complexity index is 2330. The lowest BCUT2D eigenvalue weighted by Crippen LogP contribution is -2.54. The Morgan fingerprint density at radius 2 is 1.60 bits per heavy atom. The quantitative estimate of drug-likeness (QED) is 0.183. The summed E-state index contributed by atoms with van der Waals surface area (Å²) in [5.74, 6) is -2.57. The van der Waals surface area contributed by atoms with Crippen LogP contribution < -0.4 is 20.7 Å². The second kappa shape index (κ2) is 17.6. The van der Waals surface area contributed by atoms with Crippen LogP contribution >= 0.6 is 0 Å². The van der Waals surface area contributed by atoms with E-state index in [1.165, 1.54) is 40.6 Å². The molecule has 312 valence electrons. The van der Waals surface area contributed by atoms with Gasteiger partial charge in [0.1, 0.15) is 24.2 Å². The molecule has 4 aromatic carbocycles. The van der Waals surface area contributed by atoms with Crippen LogP contribution in [0.25, 0.3) is 10.8 Å². The van der Waals surface area contributed by atoms with Crippen molar-refractivity contribution >= 4 is 52.0 Å². The number of benzene rings is 4. The molecular weight excluding hydrogens is 770 g/mol. The van der Waals surface area contributed by atoms with E-state index in [2.05, 4.69) is 69.1 Å². The molecule has 3 N–H and O–H groups in total. The smallest absolute Gasteiger partial charge is 0.321 e. The fourth-order valence-corrected chi connectivity index (χ4v) is 8.73. The van der Waals surface area contributed by atoms with E-state index in [4.69, 9.17) is 4.74 Å². The Morgan fingerprint density at radius 1 is 0.850 bits per heavy atom. The van der Waals surface area contributed by atoms with Crippen LogP contribution in [0.1, 0.15) is 70.5 Å². The molecule has 0 saturated carbocycles. The summed E-state index contributed by atoms with van der Waals surface area (Å²) in [6.07, 6.45) is 1.60. The number of nitrogens with zero attached hydrogens (tertiary/aromatic N) is 4. The van der Waals surface area contributed by atoms with Crippen molar-refractivity contribution in [2.24, 2.45) is 5.92 Å². The number of piperidine rings is 2. The molecule has 0 aliphatic carbocycles. The number of hydrogen-bond acceptors (Lipinski definition) is 9. The Kier molecular flexibility index (Phi) is 11.9. The zero-order valence-corrected chi connectivity index (χ0v) is 33.5. The number of likely N-dealkylation sites (tertiary alicyclic amines) is 1. The lowest BCUT2D eigenvalue weighted by atomic mass is 9.92. The van der Waals surface area contributed by atoms with E-state index in [1.54, 1.807) is 17.0 Å². The van der Waals surface area contributed by atoms with Crippen molar-refractivity contribution in [1.82, 2.24) is 30.2 Å². The van der Waals surface area contributed by atoms with Gasteiger partial charge in [-0.25, -0.2) is 9.18 Å². The van der Waals surface area contributed by atoms with Gasteiger partial charge in [-0.15, -0.1) is 0 Å². The van der Waals surface area contributed by atoms with E-state index in [0.29, 0.717) is 49.7 Å². The van der Waals surface area contributed by atoms with Gasteiger partial charge in [-0.3, -0.25) is 44.0 Å². The van der Waals surface area contributed by atoms with Crippen LogP contribution in [0.4, 0.5) is 14.9 Å². The first-order valence-corrected chi connectivity index (χ1v) is 20.6. The van der Waals surface area contributed by atoms with Crippen LogP contribution in [0.5, 0.6) is 5.75 Å². The van der Waals surface area contributed by atoms with E-state index in [1.807, 2.05) is 6.07 Å². The maximum atomic E-state index is 14.7. The van der Waals surface area contributed by atoms with Crippen LogP contribution in [0.15, 0.2) is 78.9 Å². The highest BCUT2D eigenvalue weighted by Gasteiger charge is 2.44. The number of carbonyl (C=O) groups excluding carboxylic acids is 6. The fraction of sp³-hybridized carbons (Fsp3) is 0.378. The van der Waals surface area contributed by atoms with Gasteiger partial charge in [0.25, 0.3) is 11.8 Å². The Labute approximate surface area is 347 Å². The number of nitrogens with one attached hydrogen (secondary N) is 3. The highest BCUT2D eigenvalue weighted by Crippen LogP contribution is 2.32. The number of anilines is 1. The molecule has 2 atom stereocenters. The molecule has 4 aromatic rings. The first kappa shape index (κ1) is 40.6. The van der Waals surface area contributed by atoms with E-state index >= 15 is 0 Å². The zero-order chi connectivity index (χ0) is 41.9. The number of carbonyl (C=O) groups is 6. The maximum Gasteiger partial charge on any atom is 0.321 e. The van der Waals surface area contributed by atoms with Crippen molar-refractivity contribution in [1.29, 1.82) is 0 Å². The van der Waals surface area contributed by atoms with Crippen LogP contribution in [-0.4, -0.2) is 114 Å². The van der Waals surface area contributed by atoms with Crippen molar-refractivity contribution < 1.29 is 37.9 Å². The van der Waals surface area contributed by atoms with Gasteiger partial charge in [0, 0.05) is 63.3 Å². The molecular formula is C45H48FN7O7. The molecule has 3 saturated heterocycles. The lowest BCUT2D eigenvalue weighted by molar-refractivity contribution is -0.136. The molecule has 0 spiro atoms. The summed E-state index contributed by atoms with van der Waals surface area (Å²) in [6.45, 7) is 6.85. The summed E-state index contributed by atoms with van der Waals surface area (Å²) in [7, 11) is 0. The predicted molar refractivity (Wildman–Crippen MR) is 221 cm³/mol. The van der Waals surface area contributed by atoms with Crippen LogP contribution in [0, 0.1) is 11.7 Å². The topological polar surface area (TPSA) is 161 Å². The molecule has 7 amide bonds. The van der Waals surface area contributed by atoms with Gasteiger partial charge in [-0.1, -0.05) is 42.5 Å². The van der Waals surface area contributed by atoms with E-state index in [-0.39, 0.29) is 61.0 Å². The average Bonchev–Trinajstić information content (AvgIpc) is 3.50. The number of amides is 7. The summed E-state index contributed by atoms with van der Waals surface area (Å²) >= 11 is 0. The maximum absolute atomic E-state index is 14.7.